The van der Waals surface area contributed by atoms with Crippen LogP contribution in [0.15, 0.2) is 85.1 Å². The molecule has 0 amide bonds. The van der Waals surface area contributed by atoms with Crippen LogP contribution in [0.4, 0.5) is 0 Å². The zero-order valence-corrected chi connectivity index (χ0v) is 34.8. The van der Waals surface area contributed by atoms with E-state index < -0.39 is 6.10 Å². The van der Waals surface area contributed by atoms with Gasteiger partial charge in [-0.1, -0.05) is 208 Å². The largest absolute Gasteiger partial charge is 0.457 e. The van der Waals surface area contributed by atoms with Gasteiger partial charge in [-0.25, -0.2) is 0 Å². The van der Waals surface area contributed by atoms with Gasteiger partial charge >= 0.3 is 5.97 Å². The lowest BCUT2D eigenvalue weighted by Crippen LogP contribution is -2.27. The van der Waals surface area contributed by atoms with E-state index in [2.05, 4.69) is 98.9 Å². The molecule has 4 nitrogen and oxygen atoms in total. The molecule has 0 aliphatic rings. The highest BCUT2D eigenvalue weighted by Gasteiger charge is 2.13. The van der Waals surface area contributed by atoms with Crippen molar-refractivity contribution >= 4 is 5.97 Å². The van der Waals surface area contributed by atoms with Gasteiger partial charge in [0.05, 0.1) is 13.2 Å². The minimum absolute atomic E-state index is 0.198. The molecule has 304 valence electrons. The van der Waals surface area contributed by atoms with Crippen molar-refractivity contribution in [1.29, 1.82) is 0 Å². The first kappa shape index (κ1) is 50.6. The molecule has 1 N–H and O–H groups in total. The summed E-state index contributed by atoms with van der Waals surface area (Å²) in [5, 5.41) is 9.60. The summed E-state index contributed by atoms with van der Waals surface area (Å²) in [6.07, 6.45) is 63.7. The molecule has 0 aromatic carbocycles. The van der Waals surface area contributed by atoms with Crippen LogP contribution >= 0.6 is 0 Å². The standard InChI is InChI=1S/C49H84O4/c1-3-5-7-9-11-13-15-17-19-21-23-24-25-26-27-28-30-32-34-36-38-40-42-44-49(51)53-48(46-50)47-52-45-43-41-39-37-35-33-31-29-22-20-18-16-14-12-10-8-6-4-2/h5,7,11,13,17,19,23-24,26-27,30,32,36,38,48,50H,3-4,6,8-10,12,14-16,18,20-22,25,28-29,31,33-35,37,39-47H2,1-2H3/b7-5-,13-11-,19-17-,24-23-,27-26-,32-30-,38-36-. The van der Waals surface area contributed by atoms with Gasteiger partial charge in [-0.05, 0) is 64.2 Å². The lowest BCUT2D eigenvalue weighted by molar-refractivity contribution is -0.154. The summed E-state index contributed by atoms with van der Waals surface area (Å²) in [7, 11) is 0. The molecule has 0 spiro atoms. The van der Waals surface area contributed by atoms with E-state index in [0.29, 0.717) is 13.0 Å². The van der Waals surface area contributed by atoms with E-state index in [9.17, 15) is 9.90 Å². The molecule has 0 fully saturated rings. The molecular weight excluding hydrogens is 653 g/mol. The fourth-order valence-electron chi connectivity index (χ4n) is 5.96. The number of rotatable bonds is 40. The van der Waals surface area contributed by atoms with Gasteiger partial charge in [0, 0.05) is 13.0 Å². The molecule has 0 saturated heterocycles. The Balaban J connectivity index is 3.57. The van der Waals surface area contributed by atoms with Crippen LogP contribution in [0.1, 0.15) is 194 Å². The molecule has 0 aromatic rings. The lowest BCUT2D eigenvalue weighted by atomic mass is 10.0. The van der Waals surface area contributed by atoms with Crippen LogP contribution in [-0.2, 0) is 14.3 Å². The summed E-state index contributed by atoms with van der Waals surface area (Å²) in [5.74, 6) is -0.258. The highest BCUT2D eigenvalue weighted by atomic mass is 16.6. The number of aliphatic hydroxyl groups is 1. The first-order valence-corrected chi connectivity index (χ1v) is 22.2. The monoisotopic (exact) mass is 737 g/mol. The number of unbranched alkanes of at least 4 members (excludes halogenated alkanes) is 18. The van der Waals surface area contributed by atoms with Crippen molar-refractivity contribution in [3.8, 4) is 0 Å². The predicted molar refractivity (Wildman–Crippen MR) is 232 cm³/mol. The molecule has 1 atom stereocenters. The zero-order chi connectivity index (χ0) is 38.4. The van der Waals surface area contributed by atoms with Crippen LogP contribution in [0.2, 0.25) is 0 Å². The van der Waals surface area contributed by atoms with Crippen molar-refractivity contribution in [1.82, 2.24) is 0 Å². The number of carbonyl (C=O) groups excluding carboxylic acids is 1. The third kappa shape index (κ3) is 43.9. The molecule has 0 bridgehead atoms. The number of aliphatic hydroxyl groups excluding tert-OH is 1. The maximum Gasteiger partial charge on any atom is 0.306 e. The third-order valence-electron chi connectivity index (χ3n) is 9.23. The molecule has 0 aliphatic carbocycles. The maximum atomic E-state index is 12.2. The van der Waals surface area contributed by atoms with Crippen LogP contribution in [0, 0.1) is 0 Å². The Kier molecular flexibility index (Phi) is 43.6. The molecule has 0 rings (SSSR count). The predicted octanol–water partition coefficient (Wildman–Crippen LogP) is 14.8. The second kappa shape index (κ2) is 45.7. The number of allylic oxidation sites excluding steroid dienone is 14. The average Bonchev–Trinajstić information content (AvgIpc) is 3.16. The number of hydrogen-bond donors (Lipinski definition) is 1. The number of hydrogen-bond acceptors (Lipinski definition) is 4. The summed E-state index contributed by atoms with van der Waals surface area (Å²) in [6, 6.07) is 0. The van der Waals surface area contributed by atoms with Gasteiger partial charge in [0.1, 0.15) is 6.10 Å². The molecule has 0 radical (unpaired) electrons. The Labute approximate surface area is 329 Å². The molecular formula is C49H84O4. The number of ether oxygens (including phenoxy) is 2. The Morgan fingerprint density at radius 1 is 0.472 bits per heavy atom. The van der Waals surface area contributed by atoms with E-state index in [1.807, 2.05) is 0 Å². The van der Waals surface area contributed by atoms with Crippen molar-refractivity contribution < 1.29 is 19.4 Å². The Morgan fingerprint density at radius 3 is 1.21 bits per heavy atom. The van der Waals surface area contributed by atoms with Gasteiger partial charge in [-0.2, -0.15) is 0 Å². The van der Waals surface area contributed by atoms with Crippen molar-refractivity contribution in [2.45, 2.75) is 200 Å². The third-order valence-corrected chi connectivity index (χ3v) is 9.23. The minimum Gasteiger partial charge on any atom is -0.457 e. The summed E-state index contributed by atoms with van der Waals surface area (Å²) >= 11 is 0. The van der Waals surface area contributed by atoms with E-state index in [4.69, 9.17) is 9.47 Å². The quantitative estimate of drug-likeness (QED) is 0.0387. The van der Waals surface area contributed by atoms with Crippen LogP contribution in [0.5, 0.6) is 0 Å². The van der Waals surface area contributed by atoms with Crippen LogP contribution in [0.3, 0.4) is 0 Å². The second-order valence-electron chi connectivity index (χ2n) is 14.4. The summed E-state index contributed by atoms with van der Waals surface area (Å²) in [5.41, 5.74) is 0. The van der Waals surface area contributed by atoms with Crippen molar-refractivity contribution in [3.63, 3.8) is 0 Å². The molecule has 4 heteroatoms. The van der Waals surface area contributed by atoms with E-state index in [1.165, 1.54) is 109 Å². The van der Waals surface area contributed by atoms with E-state index in [1.54, 1.807) is 0 Å². The van der Waals surface area contributed by atoms with Gasteiger partial charge < -0.3 is 14.6 Å². The first-order valence-electron chi connectivity index (χ1n) is 22.2. The summed E-state index contributed by atoms with van der Waals surface area (Å²) in [4.78, 5) is 12.2. The summed E-state index contributed by atoms with van der Waals surface area (Å²) in [6.45, 7) is 5.18. The molecule has 0 aromatic heterocycles. The van der Waals surface area contributed by atoms with E-state index >= 15 is 0 Å². The van der Waals surface area contributed by atoms with Crippen LogP contribution < -0.4 is 0 Å². The van der Waals surface area contributed by atoms with Crippen LogP contribution in [-0.4, -0.2) is 37.0 Å². The van der Waals surface area contributed by atoms with E-state index in [-0.39, 0.29) is 19.2 Å². The van der Waals surface area contributed by atoms with Gasteiger partial charge in [-0.3, -0.25) is 4.79 Å². The van der Waals surface area contributed by atoms with Gasteiger partial charge in [-0.15, -0.1) is 0 Å². The molecule has 53 heavy (non-hydrogen) atoms. The fourth-order valence-corrected chi connectivity index (χ4v) is 5.96. The second-order valence-corrected chi connectivity index (χ2v) is 14.4. The lowest BCUT2D eigenvalue weighted by Gasteiger charge is -2.15. The summed E-state index contributed by atoms with van der Waals surface area (Å²) < 4.78 is 11.1. The topological polar surface area (TPSA) is 55.8 Å². The average molecular weight is 737 g/mol. The van der Waals surface area contributed by atoms with Crippen molar-refractivity contribution in [2.24, 2.45) is 0 Å². The Hall–Kier alpha value is -2.43. The fraction of sp³-hybridized carbons (Fsp3) is 0.694. The SMILES string of the molecule is CC/C=C\C/C=C\C/C=C\C/C=C\C/C=C\C/C=C\C/C=C\CCCC(=O)OC(CO)COCCCCCCCCCCCCCCCCCCCC. The van der Waals surface area contributed by atoms with Gasteiger partial charge in [0.2, 0.25) is 0 Å². The van der Waals surface area contributed by atoms with Crippen molar-refractivity contribution in [2.75, 3.05) is 19.8 Å². The van der Waals surface area contributed by atoms with Gasteiger partial charge in [0.25, 0.3) is 0 Å². The maximum absolute atomic E-state index is 12.2. The Morgan fingerprint density at radius 2 is 0.830 bits per heavy atom. The zero-order valence-electron chi connectivity index (χ0n) is 34.8. The molecule has 1 unspecified atom stereocenters. The number of carbonyl (C=O) groups is 1. The molecule has 0 saturated carbocycles. The number of esters is 1. The van der Waals surface area contributed by atoms with Gasteiger partial charge in [0.15, 0.2) is 0 Å². The first-order chi connectivity index (χ1) is 26.2. The highest BCUT2D eigenvalue weighted by molar-refractivity contribution is 5.69. The normalized spacial score (nSPS) is 13.2. The molecule has 0 heterocycles. The highest BCUT2D eigenvalue weighted by Crippen LogP contribution is 2.14. The molecule has 0 aliphatic heterocycles. The minimum atomic E-state index is -0.568. The Bertz CT molecular complexity index is 954. The van der Waals surface area contributed by atoms with E-state index in [0.717, 1.165) is 64.2 Å². The van der Waals surface area contributed by atoms with Crippen LogP contribution in [0.25, 0.3) is 0 Å². The smallest absolute Gasteiger partial charge is 0.306 e. The van der Waals surface area contributed by atoms with Crippen molar-refractivity contribution in [3.05, 3.63) is 85.1 Å².